The zero-order valence-electron chi connectivity index (χ0n) is 16.9. The summed E-state index contributed by atoms with van der Waals surface area (Å²) in [5, 5.41) is 5.81. The van der Waals surface area contributed by atoms with Gasteiger partial charge in [-0.15, -0.1) is 0 Å². The van der Waals surface area contributed by atoms with Gasteiger partial charge in [0.2, 0.25) is 0 Å². The molecule has 2 N–H and O–H groups in total. The van der Waals surface area contributed by atoms with Crippen molar-refractivity contribution < 1.29 is 14.0 Å². The Balaban J connectivity index is 1.90. The number of aryl methyl sites for hydroxylation is 1. The lowest BCUT2D eigenvalue weighted by molar-refractivity contribution is 0.0941. The molecule has 5 heteroatoms. The van der Waals surface area contributed by atoms with Crippen LogP contribution in [0, 0.1) is 25.6 Å². The van der Waals surface area contributed by atoms with E-state index in [1.165, 1.54) is 6.07 Å². The van der Waals surface area contributed by atoms with Crippen molar-refractivity contribution in [1.82, 2.24) is 10.6 Å². The maximum Gasteiger partial charge on any atom is 0.251 e. The maximum absolute atomic E-state index is 14.5. The van der Waals surface area contributed by atoms with Crippen molar-refractivity contribution in [3.8, 4) is 11.1 Å². The largest absolute Gasteiger partial charge is 0.352 e. The molecule has 2 amide bonds. The third kappa shape index (κ3) is 4.58. The monoisotopic (exact) mass is 382 g/mol. The van der Waals surface area contributed by atoms with E-state index in [1.807, 2.05) is 32.9 Å². The summed E-state index contributed by atoms with van der Waals surface area (Å²) in [6.07, 6.45) is 1.96. The van der Waals surface area contributed by atoms with Crippen LogP contribution in [-0.4, -0.2) is 24.4 Å². The second-order valence-corrected chi connectivity index (χ2v) is 8.01. The fourth-order valence-electron chi connectivity index (χ4n) is 3.08. The van der Waals surface area contributed by atoms with Crippen LogP contribution in [0.25, 0.3) is 11.1 Å². The molecule has 0 spiro atoms. The first-order chi connectivity index (χ1) is 13.3. The fourth-order valence-corrected chi connectivity index (χ4v) is 3.08. The van der Waals surface area contributed by atoms with E-state index < -0.39 is 5.82 Å². The number of benzene rings is 2. The number of amides is 2. The number of nitrogens with one attached hydrogen (secondary N) is 2. The average Bonchev–Trinajstić information content (AvgIpc) is 3.45. The fraction of sp³-hybridized carbons (Fsp3) is 0.391. The van der Waals surface area contributed by atoms with Crippen molar-refractivity contribution in [1.29, 1.82) is 0 Å². The molecule has 1 saturated carbocycles. The number of rotatable bonds is 6. The Hall–Kier alpha value is -2.69. The maximum atomic E-state index is 14.5. The summed E-state index contributed by atoms with van der Waals surface area (Å²) in [5.74, 6) is -0.393. The van der Waals surface area contributed by atoms with Gasteiger partial charge in [0.25, 0.3) is 11.8 Å². The van der Waals surface area contributed by atoms with E-state index in [4.69, 9.17) is 0 Å². The van der Waals surface area contributed by atoms with Crippen LogP contribution >= 0.6 is 0 Å². The summed E-state index contributed by atoms with van der Waals surface area (Å²) in [7, 11) is 0. The van der Waals surface area contributed by atoms with Crippen LogP contribution in [0.1, 0.15) is 58.5 Å². The molecule has 4 nitrogen and oxygen atoms in total. The zero-order chi connectivity index (χ0) is 20.4. The van der Waals surface area contributed by atoms with Gasteiger partial charge in [0, 0.05) is 23.7 Å². The van der Waals surface area contributed by atoms with E-state index in [1.54, 1.807) is 19.1 Å². The lowest BCUT2D eigenvalue weighted by Crippen LogP contribution is -2.27. The summed E-state index contributed by atoms with van der Waals surface area (Å²) >= 11 is 0. The molecule has 0 aromatic heterocycles. The van der Waals surface area contributed by atoms with Gasteiger partial charge < -0.3 is 10.6 Å². The van der Waals surface area contributed by atoms with Gasteiger partial charge in [-0.1, -0.05) is 26.0 Å². The minimum atomic E-state index is -0.408. The Kier molecular flexibility index (Phi) is 5.82. The first-order valence-corrected chi connectivity index (χ1v) is 9.76. The van der Waals surface area contributed by atoms with E-state index in [0.717, 1.165) is 24.0 Å². The van der Waals surface area contributed by atoms with Crippen molar-refractivity contribution >= 4 is 11.8 Å². The Labute approximate surface area is 165 Å². The lowest BCUT2D eigenvalue weighted by atomic mass is 9.94. The number of halogens is 1. The van der Waals surface area contributed by atoms with Crippen LogP contribution in [0.15, 0.2) is 30.3 Å². The minimum Gasteiger partial charge on any atom is -0.352 e. The molecule has 148 valence electrons. The smallest absolute Gasteiger partial charge is 0.251 e. The Morgan fingerprint density at radius 3 is 2.43 bits per heavy atom. The molecular weight excluding hydrogens is 355 g/mol. The minimum absolute atomic E-state index is 0.113. The van der Waals surface area contributed by atoms with E-state index in [9.17, 15) is 14.0 Å². The highest BCUT2D eigenvalue weighted by atomic mass is 19.1. The molecule has 0 radical (unpaired) electrons. The van der Waals surface area contributed by atoms with Crippen molar-refractivity contribution in [2.75, 3.05) is 6.54 Å². The predicted molar refractivity (Wildman–Crippen MR) is 109 cm³/mol. The quantitative estimate of drug-likeness (QED) is 0.779. The van der Waals surface area contributed by atoms with Crippen molar-refractivity contribution in [2.45, 2.75) is 46.6 Å². The lowest BCUT2D eigenvalue weighted by Gasteiger charge is -2.14. The molecule has 2 aromatic rings. The first kappa shape index (κ1) is 20.1. The van der Waals surface area contributed by atoms with Gasteiger partial charge >= 0.3 is 0 Å². The zero-order valence-corrected chi connectivity index (χ0v) is 16.9. The molecule has 3 rings (SSSR count). The highest BCUT2D eigenvalue weighted by Crippen LogP contribution is 2.29. The van der Waals surface area contributed by atoms with Crippen molar-refractivity contribution in [3.63, 3.8) is 0 Å². The summed E-state index contributed by atoms with van der Waals surface area (Å²) in [5.41, 5.74) is 3.67. The molecule has 0 unspecified atom stereocenters. The van der Waals surface area contributed by atoms with Gasteiger partial charge in [-0.2, -0.15) is 0 Å². The molecule has 0 saturated heterocycles. The SMILES string of the molecule is Cc1cc(-c2cc(C(=O)NC3CC3)cc(F)c2C)ccc1C(=O)NCC(C)C. The molecule has 1 aliphatic rings. The van der Waals surface area contributed by atoms with Gasteiger partial charge in [0.05, 0.1) is 0 Å². The third-order valence-corrected chi connectivity index (χ3v) is 4.97. The molecule has 0 heterocycles. The predicted octanol–water partition coefficient (Wildman–Crippen LogP) is 4.39. The van der Waals surface area contributed by atoms with Gasteiger partial charge in [0.1, 0.15) is 5.82 Å². The number of hydrogen-bond donors (Lipinski definition) is 2. The van der Waals surface area contributed by atoms with Crippen molar-refractivity contribution in [2.24, 2.45) is 5.92 Å². The van der Waals surface area contributed by atoms with Gasteiger partial charge in [0.15, 0.2) is 0 Å². The molecule has 0 bridgehead atoms. The van der Waals surface area contributed by atoms with Crippen LogP contribution < -0.4 is 10.6 Å². The first-order valence-electron chi connectivity index (χ1n) is 9.76. The second kappa shape index (κ2) is 8.13. The molecule has 0 aliphatic heterocycles. The molecule has 2 aromatic carbocycles. The van der Waals surface area contributed by atoms with Gasteiger partial charge in [-0.25, -0.2) is 4.39 Å². The van der Waals surface area contributed by atoms with Gasteiger partial charge in [-0.3, -0.25) is 9.59 Å². The molecule has 1 fully saturated rings. The van der Waals surface area contributed by atoms with E-state index >= 15 is 0 Å². The van der Waals surface area contributed by atoms with Gasteiger partial charge in [-0.05, 0) is 73.1 Å². The third-order valence-electron chi connectivity index (χ3n) is 4.97. The number of hydrogen-bond acceptors (Lipinski definition) is 2. The standard InChI is InChI=1S/C23H27FN2O2/c1-13(2)12-25-23(28)19-8-5-16(9-14(19)3)20-10-17(11-21(24)15(20)4)22(27)26-18-6-7-18/h5,8-11,13,18H,6-7,12H2,1-4H3,(H,25,28)(H,26,27). The Bertz CT molecular complexity index is 917. The van der Waals surface area contributed by atoms with E-state index in [2.05, 4.69) is 10.6 Å². The van der Waals surface area contributed by atoms with Crippen LogP contribution in [-0.2, 0) is 0 Å². The van der Waals surface area contributed by atoms with Crippen LogP contribution in [0.2, 0.25) is 0 Å². The summed E-state index contributed by atoms with van der Waals surface area (Å²) in [6.45, 7) is 8.26. The van der Waals surface area contributed by atoms with Crippen LogP contribution in [0.5, 0.6) is 0 Å². The highest BCUT2D eigenvalue weighted by Gasteiger charge is 2.24. The molecule has 1 aliphatic carbocycles. The highest BCUT2D eigenvalue weighted by molar-refractivity contribution is 5.97. The summed E-state index contributed by atoms with van der Waals surface area (Å²) < 4.78 is 14.5. The summed E-state index contributed by atoms with van der Waals surface area (Å²) in [4.78, 5) is 24.7. The normalized spacial score (nSPS) is 13.5. The second-order valence-electron chi connectivity index (χ2n) is 8.01. The van der Waals surface area contributed by atoms with Crippen molar-refractivity contribution in [3.05, 3.63) is 58.4 Å². The van der Waals surface area contributed by atoms with Crippen LogP contribution in [0.3, 0.4) is 0 Å². The Morgan fingerprint density at radius 2 is 1.82 bits per heavy atom. The summed E-state index contributed by atoms with van der Waals surface area (Å²) in [6, 6.07) is 8.66. The van der Waals surface area contributed by atoms with E-state index in [0.29, 0.717) is 34.7 Å². The van der Waals surface area contributed by atoms with E-state index in [-0.39, 0.29) is 17.9 Å². The molecule has 28 heavy (non-hydrogen) atoms. The van der Waals surface area contributed by atoms with Crippen LogP contribution in [0.4, 0.5) is 4.39 Å². The number of carbonyl (C=O) groups excluding carboxylic acids is 2. The Morgan fingerprint density at radius 1 is 1.11 bits per heavy atom. The molecular formula is C23H27FN2O2. The average molecular weight is 382 g/mol. The topological polar surface area (TPSA) is 58.2 Å². The molecule has 0 atom stereocenters. The number of carbonyl (C=O) groups is 2.